The number of hydrogen-bond acceptors (Lipinski definition) is 0. The Labute approximate surface area is 121 Å². The molecule has 2 rings (SSSR count). The molecule has 1 fully saturated rings. The van der Waals surface area contributed by atoms with Crippen LogP contribution in [0.1, 0.15) is 44.1 Å². The molecule has 0 aromatic heterocycles. The number of alkyl halides is 1. The van der Waals surface area contributed by atoms with Crippen LogP contribution >= 0.6 is 31.9 Å². The molecule has 1 atom stereocenters. The molecular weight excluding hydrogens is 340 g/mol. The van der Waals surface area contributed by atoms with Crippen LogP contribution < -0.4 is 0 Å². The van der Waals surface area contributed by atoms with E-state index in [0.29, 0.717) is 4.83 Å². The van der Waals surface area contributed by atoms with Crippen LogP contribution in [0.2, 0.25) is 0 Å². The number of hydrogen-bond donors (Lipinski definition) is 0. The van der Waals surface area contributed by atoms with E-state index in [-0.39, 0.29) is 0 Å². The molecule has 0 N–H and O–H groups in total. The Bertz CT molecular complexity index is 325. The molecule has 0 heterocycles. The van der Waals surface area contributed by atoms with Gasteiger partial charge in [0.05, 0.1) is 0 Å². The maximum Gasteiger partial charge on any atom is 0.0188 e. The van der Waals surface area contributed by atoms with E-state index < -0.39 is 0 Å². The van der Waals surface area contributed by atoms with Crippen molar-refractivity contribution in [2.24, 2.45) is 5.92 Å². The van der Waals surface area contributed by atoms with E-state index in [1.807, 2.05) is 0 Å². The first kappa shape index (κ1) is 13.6. The summed E-state index contributed by atoms with van der Waals surface area (Å²) in [5.41, 5.74) is 1.44. The minimum atomic E-state index is 0.645. The Morgan fingerprint density at radius 2 is 1.71 bits per heavy atom. The van der Waals surface area contributed by atoms with Crippen LogP contribution in [0.4, 0.5) is 0 Å². The standard InChI is InChI=1S/C15H20Br2/c16-14-8-6-13(7-9-14)11-15(17)10-12-4-2-1-3-5-12/h6-9,12,15H,1-5,10-11H2. The van der Waals surface area contributed by atoms with Gasteiger partial charge in [-0.25, -0.2) is 0 Å². The topological polar surface area (TPSA) is 0 Å². The molecule has 2 heteroatoms. The third-order valence-corrected chi connectivity index (χ3v) is 4.91. The summed E-state index contributed by atoms with van der Waals surface area (Å²) in [7, 11) is 0. The molecule has 1 unspecified atom stereocenters. The quantitative estimate of drug-likeness (QED) is 0.602. The highest BCUT2D eigenvalue weighted by Crippen LogP contribution is 2.30. The molecule has 0 amide bonds. The summed E-state index contributed by atoms with van der Waals surface area (Å²) in [6.45, 7) is 0. The summed E-state index contributed by atoms with van der Waals surface area (Å²) in [5.74, 6) is 0.962. The lowest BCUT2D eigenvalue weighted by Crippen LogP contribution is -2.13. The van der Waals surface area contributed by atoms with Gasteiger partial charge in [0.1, 0.15) is 0 Å². The van der Waals surface area contributed by atoms with E-state index in [4.69, 9.17) is 0 Å². The van der Waals surface area contributed by atoms with Crippen molar-refractivity contribution < 1.29 is 0 Å². The fourth-order valence-corrected chi connectivity index (χ4v) is 3.91. The van der Waals surface area contributed by atoms with Gasteiger partial charge in [0.15, 0.2) is 0 Å². The van der Waals surface area contributed by atoms with Gasteiger partial charge in [-0.05, 0) is 36.5 Å². The molecule has 0 saturated heterocycles. The Hall–Kier alpha value is 0.180. The summed E-state index contributed by atoms with van der Waals surface area (Å²) in [6.07, 6.45) is 9.74. The zero-order valence-corrected chi connectivity index (χ0v) is 13.3. The van der Waals surface area contributed by atoms with Gasteiger partial charge in [0.2, 0.25) is 0 Å². The number of halogens is 2. The summed E-state index contributed by atoms with van der Waals surface area (Å²) in [5, 5.41) is 0. The first-order valence-electron chi connectivity index (χ1n) is 6.62. The maximum atomic E-state index is 3.86. The summed E-state index contributed by atoms with van der Waals surface area (Å²) < 4.78 is 1.17. The lowest BCUT2D eigenvalue weighted by molar-refractivity contribution is 0.337. The zero-order chi connectivity index (χ0) is 12.1. The first-order chi connectivity index (χ1) is 8.24. The minimum absolute atomic E-state index is 0.645. The average Bonchev–Trinajstić information content (AvgIpc) is 2.33. The van der Waals surface area contributed by atoms with Gasteiger partial charge in [-0.1, -0.05) is 76.1 Å². The molecule has 1 aromatic rings. The van der Waals surface area contributed by atoms with Gasteiger partial charge < -0.3 is 0 Å². The van der Waals surface area contributed by atoms with E-state index >= 15 is 0 Å². The average molecular weight is 360 g/mol. The predicted octanol–water partition coefficient (Wildman–Crippen LogP) is 5.73. The Morgan fingerprint density at radius 3 is 2.35 bits per heavy atom. The van der Waals surface area contributed by atoms with Crippen molar-refractivity contribution in [3.05, 3.63) is 34.3 Å². The first-order valence-corrected chi connectivity index (χ1v) is 8.33. The Kier molecular flexibility index (Phi) is 5.55. The second kappa shape index (κ2) is 6.94. The van der Waals surface area contributed by atoms with Crippen LogP contribution in [0.5, 0.6) is 0 Å². The highest BCUT2D eigenvalue weighted by Gasteiger charge is 2.17. The van der Waals surface area contributed by atoms with Gasteiger partial charge in [0, 0.05) is 9.30 Å². The maximum absolute atomic E-state index is 3.86. The third-order valence-electron chi connectivity index (χ3n) is 3.68. The van der Waals surface area contributed by atoms with E-state index in [1.165, 1.54) is 48.6 Å². The van der Waals surface area contributed by atoms with E-state index in [9.17, 15) is 0 Å². The van der Waals surface area contributed by atoms with Gasteiger partial charge in [-0.3, -0.25) is 0 Å². The second-order valence-corrected chi connectivity index (χ2v) is 7.38. The SMILES string of the molecule is Brc1ccc(CC(Br)CC2CCCCC2)cc1. The Balaban J connectivity index is 1.79. The van der Waals surface area contributed by atoms with Crippen molar-refractivity contribution in [2.45, 2.75) is 49.8 Å². The van der Waals surface area contributed by atoms with Crippen LogP contribution in [0.25, 0.3) is 0 Å². The Morgan fingerprint density at radius 1 is 1.06 bits per heavy atom. The van der Waals surface area contributed by atoms with Crippen molar-refractivity contribution in [1.82, 2.24) is 0 Å². The van der Waals surface area contributed by atoms with Crippen molar-refractivity contribution in [3.63, 3.8) is 0 Å². The van der Waals surface area contributed by atoms with Crippen LogP contribution in [0, 0.1) is 5.92 Å². The predicted molar refractivity (Wildman–Crippen MR) is 81.8 cm³/mol. The number of benzene rings is 1. The fourth-order valence-electron chi connectivity index (χ4n) is 2.74. The van der Waals surface area contributed by atoms with E-state index in [1.54, 1.807) is 0 Å². The molecule has 1 aliphatic rings. The molecule has 0 radical (unpaired) electrons. The lowest BCUT2D eigenvalue weighted by Gasteiger charge is -2.23. The lowest BCUT2D eigenvalue weighted by atomic mass is 9.85. The van der Waals surface area contributed by atoms with Crippen LogP contribution in [-0.2, 0) is 6.42 Å². The summed E-state index contributed by atoms with van der Waals surface area (Å²) in [6, 6.07) is 8.71. The van der Waals surface area contributed by atoms with Crippen molar-refractivity contribution in [2.75, 3.05) is 0 Å². The summed E-state index contributed by atoms with van der Waals surface area (Å²) in [4.78, 5) is 0.645. The molecule has 17 heavy (non-hydrogen) atoms. The number of rotatable bonds is 4. The molecule has 1 saturated carbocycles. The molecule has 1 aliphatic carbocycles. The minimum Gasteiger partial charge on any atom is -0.0887 e. The highest BCUT2D eigenvalue weighted by molar-refractivity contribution is 9.10. The van der Waals surface area contributed by atoms with Gasteiger partial charge in [0.25, 0.3) is 0 Å². The second-order valence-electron chi connectivity index (χ2n) is 5.17. The molecule has 0 spiro atoms. The fraction of sp³-hybridized carbons (Fsp3) is 0.600. The third kappa shape index (κ3) is 4.75. The molecular formula is C15H20Br2. The highest BCUT2D eigenvalue weighted by atomic mass is 79.9. The van der Waals surface area contributed by atoms with Gasteiger partial charge in [-0.15, -0.1) is 0 Å². The van der Waals surface area contributed by atoms with E-state index in [2.05, 4.69) is 56.1 Å². The molecule has 0 nitrogen and oxygen atoms in total. The van der Waals surface area contributed by atoms with Crippen LogP contribution in [-0.4, -0.2) is 4.83 Å². The molecule has 0 bridgehead atoms. The smallest absolute Gasteiger partial charge is 0.0188 e. The normalized spacial score (nSPS) is 19.2. The molecule has 94 valence electrons. The van der Waals surface area contributed by atoms with Gasteiger partial charge >= 0.3 is 0 Å². The van der Waals surface area contributed by atoms with Crippen LogP contribution in [0.15, 0.2) is 28.7 Å². The molecule has 0 aliphatic heterocycles. The largest absolute Gasteiger partial charge is 0.0887 e. The van der Waals surface area contributed by atoms with Crippen LogP contribution in [0.3, 0.4) is 0 Å². The van der Waals surface area contributed by atoms with Crippen molar-refractivity contribution in [3.8, 4) is 0 Å². The summed E-state index contributed by atoms with van der Waals surface area (Å²) >= 11 is 7.34. The van der Waals surface area contributed by atoms with Crippen molar-refractivity contribution >= 4 is 31.9 Å². The molecule has 1 aromatic carbocycles. The zero-order valence-electron chi connectivity index (χ0n) is 10.2. The monoisotopic (exact) mass is 358 g/mol. The van der Waals surface area contributed by atoms with Gasteiger partial charge in [-0.2, -0.15) is 0 Å². The van der Waals surface area contributed by atoms with Crippen molar-refractivity contribution in [1.29, 1.82) is 0 Å². The van der Waals surface area contributed by atoms with E-state index in [0.717, 1.165) is 12.3 Å².